The number of nitrogens with zero attached hydrogens (tertiary/aromatic N) is 2. The lowest BCUT2D eigenvalue weighted by Crippen LogP contribution is -1.90. The lowest BCUT2D eigenvalue weighted by atomic mass is 10.2. The summed E-state index contributed by atoms with van der Waals surface area (Å²) >= 11 is 11.9. The van der Waals surface area contributed by atoms with Gasteiger partial charge in [0.05, 0.1) is 42.2 Å². The van der Waals surface area contributed by atoms with Crippen LogP contribution in [0.25, 0.3) is 0 Å². The molecule has 0 saturated carbocycles. The van der Waals surface area contributed by atoms with E-state index in [0.717, 1.165) is 5.56 Å². The van der Waals surface area contributed by atoms with Crippen LogP contribution in [0, 0.1) is 0 Å². The van der Waals surface area contributed by atoms with Crippen LogP contribution in [0.5, 0.6) is 11.5 Å². The summed E-state index contributed by atoms with van der Waals surface area (Å²) in [6.45, 7) is 0.368. The Kier molecular flexibility index (Phi) is 5.46. The van der Waals surface area contributed by atoms with Crippen molar-refractivity contribution in [1.29, 1.82) is 0 Å². The molecule has 22 heavy (non-hydrogen) atoms. The second kappa shape index (κ2) is 7.33. The highest BCUT2D eigenvalue weighted by Crippen LogP contribution is 2.32. The fourth-order valence-electron chi connectivity index (χ4n) is 1.78. The molecule has 2 aromatic carbocycles. The van der Waals surface area contributed by atoms with E-state index in [1.54, 1.807) is 32.4 Å². The molecule has 0 aromatic heterocycles. The quantitative estimate of drug-likeness (QED) is 0.623. The third kappa shape index (κ3) is 4.02. The minimum absolute atomic E-state index is 0.333. The second-order valence-corrected chi connectivity index (χ2v) is 5.26. The van der Waals surface area contributed by atoms with Gasteiger partial charge in [0.2, 0.25) is 0 Å². The average molecular weight is 340 g/mol. The molecular formula is C15H15Cl2N3O2. The zero-order valence-corrected chi connectivity index (χ0v) is 13.6. The molecule has 0 heterocycles. The average Bonchev–Trinajstić information content (AvgIpc) is 2.52. The van der Waals surface area contributed by atoms with E-state index in [-0.39, 0.29) is 0 Å². The first-order chi connectivity index (χ1) is 10.5. The van der Waals surface area contributed by atoms with Gasteiger partial charge >= 0.3 is 0 Å². The number of rotatable bonds is 5. The molecule has 0 aliphatic heterocycles. The van der Waals surface area contributed by atoms with Gasteiger partial charge in [0.1, 0.15) is 11.5 Å². The fraction of sp³-hybridized carbons (Fsp3) is 0.200. The van der Waals surface area contributed by atoms with Crippen LogP contribution in [0.15, 0.2) is 40.6 Å². The molecule has 0 aliphatic carbocycles. The first-order valence-electron chi connectivity index (χ1n) is 6.37. The van der Waals surface area contributed by atoms with E-state index in [0.29, 0.717) is 39.5 Å². The molecule has 0 bridgehead atoms. The Balaban J connectivity index is 2.15. The molecule has 5 nitrogen and oxygen atoms in total. The van der Waals surface area contributed by atoms with Crippen molar-refractivity contribution in [2.24, 2.45) is 10.2 Å². The topological polar surface area (TPSA) is 69.2 Å². The Morgan fingerprint density at radius 2 is 1.50 bits per heavy atom. The molecule has 0 radical (unpaired) electrons. The number of methoxy groups -OCH3 is 2. The van der Waals surface area contributed by atoms with Gasteiger partial charge < -0.3 is 15.2 Å². The number of nitrogens with two attached hydrogens (primary N) is 1. The van der Waals surface area contributed by atoms with Gasteiger partial charge in [-0.1, -0.05) is 23.2 Å². The molecule has 0 unspecified atom stereocenters. The Hall–Kier alpha value is -1.98. The number of hydrogen-bond donors (Lipinski definition) is 1. The number of halogens is 2. The molecule has 0 atom stereocenters. The first-order valence-corrected chi connectivity index (χ1v) is 7.13. The monoisotopic (exact) mass is 339 g/mol. The van der Waals surface area contributed by atoms with E-state index in [9.17, 15) is 0 Å². The van der Waals surface area contributed by atoms with Gasteiger partial charge in [-0.3, -0.25) is 0 Å². The van der Waals surface area contributed by atoms with E-state index in [2.05, 4.69) is 10.2 Å². The van der Waals surface area contributed by atoms with Crippen molar-refractivity contribution in [1.82, 2.24) is 0 Å². The molecular weight excluding hydrogens is 325 g/mol. The lowest BCUT2D eigenvalue weighted by Gasteiger charge is -2.06. The van der Waals surface area contributed by atoms with Crippen LogP contribution in [-0.2, 0) is 6.54 Å². The normalized spacial score (nSPS) is 10.9. The zero-order chi connectivity index (χ0) is 16.1. The van der Waals surface area contributed by atoms with Gasteiger partial charge in [-0.25, -0.2) is 0 Å². The molecule has 2 N–H and O–H groups in total. The maximum Gasteiger partial charge on any atom is 0.122 e. The highest BCUT2D eigenvalue weighted by Gasteiger charge is 2.05. The number of benzene rings is 2. The Morgan fingerprint density at radius 3 is 2.00 bits per heavy atom. The lowest BCUT2D eigenvalue weighted by molar-refractivity contribution is 0.393. The predicted molar refractivity (Wildman–Crippen MR) is 88.6 cm³/mol. The third-order valence-corrected chi connectivity index (χ3v) is 3.54. The molecule has 0 spiro atoms. The highest BCUT2D eigenvalue weighted by molar-refractivity contribution is 6.39. The van der Waals surface area contributed by atoms with Crippen LogP contribution >= 0.6 is 23.2 Å². The minimum Gasteiger partial charge on any atom is -0.497 e. The number of ether oxygens (including phenoxy) is 2. The number of nitrogen functional groups attached to an aromatic ring is 1. The molecule has 0 amide bonds. The molecule has 2 rings (SSSR count). The molecule has 0 aliphatic rings. The summed E-state index contributed by atoms with van der Waals surface area (Å²) in [6.07, 6.45) is 0. The first kappa shape index (κ1) is 16.4. The maximum absolute atomic E-state index is 5.95. The number of azo groups is 1. The Morgan fingerprint density at radius 1 is 0.955 bits per heavy atom. The van der Waals surface area contributed by atoms with Crippen LogP contribution in [-0.4, -0.2) is 14.2 Å². The maximum atomic E-state index is 5.95. The van der Waals surface area contributed by atoms with E-state index < -0.39 is 0 Å². The standard InChI is InChI=1S/C15H15Cl2N3O2/c1-21-11-3-9(4-12(7-11)22-2)8-19-20-10-5-13(16)15(18)14(17)6-10/h3-7H,8,18H2,1-2H3. The summed E-state index contributed by atoms with van der Waals surface area (Å²) in [6, 6.07) is 8.74. The summed E-state index contributed by atoms with van der Waals surface area (Å²) in [4.78, 5) is 0. The highest BCUT2D eigenvalue weighted by atomic mass is 35.5. The van der Waals surface area contributed by atoms with Gasteiger partial charge in [0.25, 0.3) is 0 Å². The van der Waals surface area contributed by atoms with E-state index in [1.165, 1.54) is 0 Å². The zero-order valence-electron chi connectivity index (χ0n) is 12.1. The third-order valence-electron chi connectivity index (χ3n) is 2.91. The van der Waals surface area contributed by atoms with Gasteiger partial charge in [-0.05, 0) is 29.8 Å². The summed E-state index contributed by atoms with van der Waals surface area (Å²) in [7, 11) is 3.19. The van der Waals surface area contributed by atoms with Gasteiger partial charge in [0, 0.05) is 6.07 Å². The van der Waals surface area contributed by atoms with Crippen molar-refractivity contribution >= 4 is 34.6 Å². The van der Waals surface area contributed by atoms with Crippen LogP contribution in [0.2, 0.25) is 10.0 Å². The van der Waals surface area contributed by atoms with Gasteiger partial charge in [-0.15, -0.1) is 0 Å². The van der Waals surface area contributed by atoms with E-state index >= 15 is 0 Å². The fourth-order valence-corrected chi connectivity index (χ4v) is 2.26. The molecule has 2 aromatic rings. The smallest absolute Gasteiger partial charge is 0.122 e. The van der Waals surface area contributed by atoms with Gasteiger partial charge in [-0.2, -0.15) is 10.2 Å². The molecule has 7 heteroatoms. The minimum atomic E-state index is 0.333. The Bertz CT molecular complexity index is 660. The van der Waals surface area contributed by atoms with Crippen LogP contribution < -0.4 is 15.2 Å². The van der Waals surface area contributed by atoms with Crippen molar-refractivity contribution in [3.8, 4) is 11.5 Å². The SMILES string of the molecule is COc1cc(CN=Nc2cc(Cl)c(N)c(Cl)c2)cc(OC)c1. The molecule has 0 fully saturated rings. The molecule has 116 valence electrons. The number of anilines is 1. The predicted octanol–water partition coefficient (Wildman–Crippen LogP) is 4.88. The molecule has 0 saturated heterocycles. The van der Waals surface area contributed by atoms with Crippen molar-refractivity contribution in [2.75, 3.05) is 20.0 Å². The van der Waals surface area contributed by atoms with E-state index in [4.69, 9.17) is 38.4 Å². The summed E-state index contributed by atoms with van der Waals surface area (Å²) < 4.78 is 10.4. The number of hydrogen-bond acceptors (Lipinski definition) is 5. The van der Waals surface area contributed by atoms with Crippen molar-refractivity contribution in [3.63, 3.8) is 0 Å². The summed E-state index contributed by atoms with van der Waals surface area (Å²) in [5, 5.41) is 8.93. The Labute approximate surface area is 138 Å². The van der Waals surface area contributed by atoms with Crippen molar-refractivity contribution < 1.29 is 9.47 Å². The van der Waals surface area contributed by atoms with Crippen LogP contribution in [0.1, 0.15) is 5.56 Å². The van der Waals surface area contributed by atoms with E-state index in [1.807, 2.05) is 12.1 Å². The van der Waals surface area contributed by atoms with Gasteiger partial charge in [0.15, 0.2) is 0 Å². The largest absolute Gasteiger partial charge is 0.497 e. The van der Waals surface area contributed by atoms with Crippen LogP contribution in [0.4, 0.5) is 11.4 Å². The second-order valence-electron chi connectivity index (χ2n) is 4.44. The van der Waals surface area contributed by atoms with Crippen molar-refractivity contribution in [3.05, 3.63) is 45.9 Å². The van der Waals surface area contributed by atoms with Crippen molar-refractivity contribution in [2.45, 2.75) is 6.54 Å². The summed E-state index contributed by atoms with van der Waals surface area (Å²) in [5.74, 6) is 1.39. The van der Waals surface area contributed by atoms with Crippen LogP contribution in [0.3, 0.4) is 0 Å². The summed E-state index contributed by atoms with van der Waals surface area (Å²) in [5.41, 5.74) is 7.45.